The van der Waals surface area contributed by atoms with E-state index in [-0.39, 0.29) is 0 Å². The van der Waals surface area contributed by atoms with E-state index in [4.69, 9.17) is 23.2 Å². The smallest absolute Gasteiger partial charge is 0.139 e. The third-order valence-electron chi connectivity index (χ3n) is 5.73. The largest absolute Gasteiger partial charge is 0.322 e. The van der Waals surface area contributed by atoms with Crippen LogP contribution in [0.15, 0.2) is 78.9 Å². The topological polar surface area (TPSA) is 8.88 Å². The highest BCUT2D eigenvalue weighted by atomic mass is 35.5. The van der Waals surface area contributed by atoms with E-state index in [2.05, 4.69) is 66.7 Å². The lowest BCUT2D eigenvalue weighted by atomic mass is 9.96. The lowest BCUT2D eigenvalue weighted by molar-refractivity contribution is -1.03. The summed E-state index contributed by atoms with van der Waals surface area (Å²) in [7, 11) is 0. The number of hydrogen-bond donors (Lipinski definition) is 2. The Hall–Kier alpha value is -1.84. The summed E-state index contributed by atoms with van der Waals surface area (Å²) < 4.78 is 0. The molecule has 0 spiro atoms. The predicted molar refractivity (Wildman–Crippen MR) is 116 cm³/mol. The molecule has 3 aromatic rings. The van der Waals surface area contributed by atoms with Gasteiger partial charge in [0.15, 0.2) is 0 Å². The number of nitrogens with one attached hydrogen (secondary N) is 2. The van der Waals surface area contributed by atoms with Crippen molar-refractivity contribution < 1.29 is 9.80 Å². The van der Waals surface area contributed by atoms with Gasteiger partial charge in [0, 0.05) is 21.7 Å². The van der Waals surface area contributed by atoms with Crippen LogP contribution in [0.5, 0.6) is 0 Å². The highest BCUT2D eigenvalue weighted by molar-refractivity contribution is 6.35. The summed E-state index contributed by atoms with van der Waals surface area (Å²) in [5.41, 5.74) is 3.98. The van der Waals surface area contributed by atoms with Crippen LogP contribution in [0, 0.1) is 0 Å². The zero-order chi connectivity index (χ0) is 19.3. The minimum absolute atomic E-state index is 0.392. The first kappa shape index (κ1) is 19.5. The summed E-state index contributed by atoms with van der Waals surface area (Å²) in [4.78, 5) is 3.23. The first-order valence-corrected chi connectivity index (χ1v) is 10.7. The number of rotatable bonds is 5. The molecule has 2 nitrogen and oxygen atoms in total. The number of hydrogen-bond acceptors (Lipinski definition) is 0. The van der Waals surface area contributed by atoms with Gasteiger partial charge in [-0.05, 0) is 12.1 Å². The molecular weight excluding hydrogens is 387 g/mol. The molecule has 0 bridgehead atoms. The van der Waals surface area contributed by atoms with E-state index in [0.717, 1.165) is 37.7 Å². The minimum atomic E-state index is 0.392. The average molecular weight is 413 g/mol. The molecule has 1 aliphatic rings. The van der Waals surface area contributed by atoms with Gasteiger partial charge in [-0.25, -0.2) is 0 Å². The molecule has 1 saturated heterocycles. The molecule has 0 amide bonds. The molecule has 1 heterocycles. The van der Waals surface area contributed by atoms with Gasteiger partial charge in [0.05, 0.1) is 5.02 Å². The Morgan fingerprint density at radius 1 is 0.714 bits per heavy atom. The quantitative estimate of drug-likeness (QED) is 0.636. The zero-order valence-corrected chi connectivity index (χ0v) is 17.4. The Kier molecular flexibility index (Phi) is 6.33. The van der Waals surface area contributed by atoms with Crippen molar-refractivity contribution in [2.24, 2.45) is 0 Å². The average Bonchev–Trinajstić information content (AvgIpc) is 2.73. The number of benzene rings is 3. The van der Waals surface area contributed by atoms with Crippen LogP contribution < -0.4 is 9.80 Å². The van der Waals surface area contributed by atoms with Crippen LogP contribution >= 0.6 is 23.2 Å². The Labute approximate surface area is 177 Å². The van der Waals surface area contributed by atoms with Crippen molar-refractivity contribution in [3.63, 3.8) is 0 Å². The van der Waals surface area contributed by atoms with Gasteiger partial charge >= 0.3 is 0 Å². The molecule has 0 aromatic heterocycles. The predicted octanol–water partition coefficient (Wildman–Crippen LogP) is 3.07. The molecule has 4 heteroatoms. The van der Waals surface area contributed by atoms with Crippen LogP contribution in [0.1, 0.15) is 22.7 Å². The standard InChI is InChI=1S/C24H24Cl2N2/c25-22-12-11-21(23(26)17-22)18-27-13-15-28(16-14-27)24(19-7-3-1-4-8-19)20-9-5-2-6-10-20/h1-12,17,24H,13-16,18H2/p+2. The molecular formula is C24H26Cl2N2+2. The summed E-state index contributed by atoms with van der Waals surface area (Å²) in [6.45, 7) is 5.55. The first-order valence-electron chi connectivity index (χ1n) is 9.92. The van der Waals surface area contributed by atoms with E-state index in [9.17, 15) is 0 Å². The fourth-order valence-corrected chi connectivity index (χ4v) is 4.75. The number of quaternary nitrogens is 2. The van der Waals surface area contributed by atoms with Crippen molar-refractivity contribution in [1.82, 2.24) is 0 Å². The molecule has 0 radical (unpaired) electrons. The Balaban J connectivity index is 1.47. The van der Waals surface area contributed by atoms with Crippen molar-refractivity contribution in [3.05, 3.63) is 106 Å². The third-order valence-corrected chi connectivity index (χ3v) is 6.32. The molecule has 1 aliphatic heterocycles. The van der Waals surface area contributed by atoms with E-state index >= 15 is 0 Å². The summed E-state index contributed by atoms with van der Waals surface area (Å²) in [6.07, 6.45) is 0. The van der Waals surface area contributed by atoms with Crippen molar-refractivity contribution >= 4 is 23.2 Å². The molecule has 2 N–H and O–H groups in total. The van der Waals surface area contributed by atoms with E-state index < -0.39 is 0 Å². The summed E-state index contributed by atoms with van der Waals surface area (Å²) >= 11 is 12.4. The maximum absolute atomic E-state index is 6.38. The van der Waals surface area contributed by atoms with E-state index in [1.807, 2.05) is 12.1 Å². The van der Waals surface area contributed by atoms with Crippen LogP contribution in [0.25, 0.3) is 0 Å². The maximum atomic E-state index is 6.38. The molecule has 4 rings (SSSR count). The van der Waals surface area contributed by atoms with Crippen LogP contribution in [-0.4, -0.2) is 26.2 Å². The third kappa shape index (κ3) is 4.59. The molecule has 0 saturated carbocycles. The molecule has 28 heavy (non-hydrogen) atoms. The summed E-state index contributed by atoms with van der Waals surface area (Å²) in [6, 6.07) is 28.1. The van der Waals surface area contributed by atoms with Gasteiger partial charge in [-0.3, -0.25) is 0 Å². The second-order valence-electron chi connectivity index (χ2n) is 7.58. The lowest BCUT2D eigenvalue weighted by Gasteiger charge is -2.35. The molecule has 1 fully saturated rings. The maximum Gasteiger partial charge on any atom is 0.139 e. The number of piperazine rings is 1. The Morgan fingerprint density at radius 2 is 1.29 bits per heavy atom. The normalized spacial score (nSPS) is 19.7. The fourth-order valence-electron chi connectivity index (χ4n) is 4.28. The van der Waals surface area contributed by atoms with Crippen molar-refractivity contribution in [2.45, 2.75) is 12.6 Å². The molecule has 3 aromatic carbocycles. The van der Waals surface area contributed by atoms with Crippen LogP contribution in [-0.2, 0) is 6.54 Å². The van der Waals surface area contributed by atoms with Gasteiger partial charge in [0.1, 0.15) is 38.8 Å². The first-order chi connectivity index (χ1) is 13.7. The van der Waals surface area contributed by atoms with E-state index in [1.54, 1.807) is 9.80 Å². The monoisotopic (exact) mass is 412 g/mol. The van der Waals surface area contributed by atoms with Gasteiger partial charge in [0.2, 0.25) is 0 Å². The highest BCUT2D eigenvalue weighted by Gasteiger charge is 2.31. The van der Waals surface area contributed by atoms with E-state index in [1.165, 1.54) is 16.7 Å². The molecule has 144 valence electrons. The van der Waals surface area contributed by atoms with Crippen molar-refractivity contribution in [3.8, 4) is 0 Å². The highest BCUT2D eigenvalue weighted by Crippen LogP contribution is 2.21. The Bertz CT molecular complexity index is 851. The van der Waals surface area contributed by atoms with E-state index in [0.29, 0.717) is 11.1 Å². The molecule has 0 unspecified atom stereocenters. The van der Waals surface area contributed by atoms with Crippen LogP contribution in [0.4, 0.5) is 0 Å². The Morgan fingerprint density at radius 3 is 1.82 bits per heavy atom. The van der Waals surface area contributed by atoms with Gasteiger partial charge in [-0.2, -0.15) is 0 Å². The van der Waals surface area contributed by atoms with Gasteiger partial charge in [0.25, 0.3) is 0 Å². The SMILES string of the molecule is Clc1ccc(C[NH+]2CC[NH+](C(c3ccccc3)c3ccccc3)CC2)c(Cl)c1. The lowest BCUT2D eigenvalue weighted by Crippen LogP contribution is -3.27. The summed E-state index contributed by atoms with van der Waals surface area (Å²) in [5, 5.41) is 1.48. The fraction of sp³-hybridized carbons (Fsp3) is 0.250. The van der Waals surface area contributed by atoms with Gasteiger partial charge in [-0.15, -0.1) is 0 Å². The van der Waals surface area contributed by atoms with Crippen molar-refractivity contribution in [1.29, 1.82) is 0 Å². The van der Waals surface area contributed by atoms with Crippen LogP contribution in [0.3, 0.4) is 0 Å². The second-order valence-corrected chi connectivity index (χ2v) is 8.42. The number of halogens is 2. The van der Waals surface area contributed by atoms with Crippen molar-refractivity contribution in [2.75, 3.05) is 26.2 Å². The summed E-state index contributed by atoms with van der Waals surface area (Å²) in [5.74, 6) is 0. The van der Waals surface area contributed by atoms with Gasteiger partial charge < -0.3 is 9.80 Å². The molecule has 0 atom stereocenters. The molecule has 0 aliphatic carbocycles. The zero-order valence-electron chi connectivity index (χ0n) is 15.9. The minimum Gasteiger partial charge on any atom is -0.322 e. The second kappa shape index (κ2) is 9.11. The van der Waals surface area contributed by atoms with Gasteiger partial charge in [-0.1, -0.05) is 89.9 Å². The van der Waals surface area contributed by atoms with Crippen LogP contribution in [0.2, 0.25) is 10.0 Å².